The van der Waals surface area contributed by atoms with E-state index in [0.29, 0.717) is 11.9 Å². The van der Waals surface area contributed by atoms with Gasteiger partial charge in [0.1, 0.15) is 11.6 Å². The molecule has 0 bridgehead atoms. The second-order valence-corrected chi connectivity index (χ2v) is 3.78. The quantitative estimate of drug-likeness (QED) is 0.776. The van der Waals surface area contributed by atoms with Gasteiger partial charge in [-0.3, -0.25) is 0 Å². The van der Waals surface area contributed by atoms with Crippen molar-refractivity contribution in [3.63, 3.8) is 0 Å². The van der Waals surface area contributed by atoms with Crippen LogP contribution in [0.3, 0.4) is 0 Å². The van der Waals surface area contributed by atoms with Gasteiger partial charge in [-0.1, -0.05) is 0 Å². The predicted octanol–water partition coefficient (Wildman–Crippen LogP) is 1.04. The van der Waals surface area contributed by atoms with Gasteiger partial charge in [0.05, 0.1) is 24.5 Å². The summed E-state index contributed by atoms with van der Waals surface area (Å²) < 4.78 is 5.38. The molecule has 0 spiro atoms. The molecule has 1 aromatic rings. The number of hydrogen-bond acceptors (Lipinski definition) is 5. The number of nitrogens with one attached hydrogen (secondary N) is 1. The molecule has 1 heterocycles. The largest absolute Gasteiger partial charge is 0.382 e. The Hall–Kier alpha value is -1.36. The monoisotopic (exact) mass is 208 g/mol. The lowest BCUT2D eigenvalue weighted by Crippen LogP contribution is -2.30. The topological polar surface area (TPSA) is 73.1 Å². The fourth-order valence-corrected chi connectivity index (χ4v) is 1.98. The molecule has 0 saturated heterocycles. The number of nitrogen functional groups attached to an aromatic ring is 1. The van der Waals surface area contributed by atoms with Gasteiger partial charge in [0.25, 0.3) is 0 Å². The normalized spacial score (nSPS) is 25.4. The summed E-state index contributed by atoms with van der Waals surface area (Å²) in [4.78, 5) is 8.14. The van der Waals surface area contributed by atoms with E-state index < -0.39 is 0 Å². The van der Waals surface area contributed by atoms with Crippen molar-refractivity contribution >= 4 is 11.6 Å². The lowest BCUT2D eigenvalue weighted by molar-refractivity contribution is 0.101. The van der Waals surface area contributed by atoms with E-state index in [-0.39, 0.29) is 6.10 Å². The van der Waals surface area contributed by atoms with Crippen LogP contribution in [0.2, 0.25) is 0 Å². The summed E-state index contributed by atoms with van der Waals surface area (Å²) in [6.07, 6.45) is 6.91. The second-order valence-electron chi connectivity index (χ2n) is 3.78. The van der Waals surface area contributed by atoms with Crippen LogP contribution in [0.5, 0.6) is 0 Å². The van der Waals surface area contributed by atoms with Crippen molar-refractivity contribution in [2.45, 2.75) is 31.4 Å². The molecule has 1 aromatic heterocycles. The highest BCUT2D eigenvalue weighted by Gasteiger charge is 2.27. The van der Waals surface area contributed by atoms with Gasteiger partial charge < -0.3 is 15.8 Å². The van der Waals surface area contributed by atoms with E-state index in [4.69, 9.17) is 10.5 Å². The Morgan fingerprint density at radius 3 is 2.93 bits per heavy atom. The molecule has 0 aromatic carbocycles. The SMILES string of the molecule is COC1CCCC1Nc1cnc(N)cn1. The van der Waals surface area contributed by atoms with Gasteiger partial charge >= 0.3 is 0 Å². The average molecular weight is 208 g/mol. The molecule has 3 N–H and O–H groups in total. The number of methoxy groups -OCH3 is 1. The Kier molecular flexibility index (Phi) is 3.01. The number of hydrogen-bond donors (Lipinski definition) is 2. The number of anilines is 2. The Balaban J connectivity index is 1.99. The van der Waals surface area contributed by atoms with Crippen LogP contribution in [0.4, 0.5) is 11.6 Å². The van der Waals surface area contributed by atoms with Crippen LogP contribution in [0.15, 0.2) is 12.4 Å². The van der Waals surface area contributed by atoms with E-state index in [0.717, 1.165) is 18.7 Å². The van der Waals surface area contributed by atoms with Crippen molar-refractivity contribution in [2.75, 3.05) is 18.2 Å². The van der Waals surface area contributed by atoms with E-state index in [1.165, 1.54) is 6.42 Å². The predicted molar refractivity (Wildman–Crippen MR) is 58.5 cm³/mol. The smallest absolute Gasteiger partial charge is 0.144 e. The standard InChI is InChI=1S/C10H16N4O/c1-15-8-4-2-3-7(8)14-10-6-12-9(11)5-13-10/h5-8H,2-4H2,1H3,(H2,11,12)(H,13,14). The van der Waals surface area contributed by atoms with Gasteiger partial charge in [-0.2, -0.15) is 0 Å². The van der Waals surface area contributed by atoms with Gasteiger partial charge in [0, 0.05) is 7.11 Å². The van der Waals surface area contributed by atoms with Crippen LogP contribution >= 0.6 is 0 Å². The Morgan fingerprint density at radius 2 is 2.27 bits per heavy atom. The summed E-state index contributed by atoms with van der Waals surface area (Å²) >= 11 is 0. The number of nitrogens with two attached hydrogens (primary N) is 1. The minimum absolute atomic E-state index is 0.282. The van der Waals surface area contributed by atoms with E-state index in [9.17, 15) is 0 Å². The van der Waals surface area contributed by atoms with Gasteiger partial charge in [0.2, 0.25) is 0 Å². The van der Waals surface area contributed by atoms with Crippen LogP contribution < -0.4 is 11.1 Å². The van der Waals surface area contributed by atoms with Gasteiger partial charge in [-0.25, -0.2) is 9.97 Å². The molecule has 1 aliphatic carbocycles. The zero-order valence-electron chi connectivity index (χ0n) is 8.81. The van der Waals surface area contributed by atoms with E-state index in [1.54, 1.807) is 19.5 Å². The van der Waals surface area contributed by atoms with Crippen molar-refractivity contribution in [3.05, 3.63) is 12.4 Å². The maximum Gasteiger partial charge on any atom is 0.144 e. The maximum absolute atomic E-state index is 5.46. The molecule has 2 atom stereocenters. The fourth-order valence-electron chi connectivity index (χ4n) is 1.98. The first kappa shape index (κ1) is 10.2. The third kappa shape index (κ3) is 2.36. The highest BCUT2D eigenvalue weighted by atomic mass is 16.5. The first-order chi connectivity index (χ1) is 7.29. The van der Waals surface area contributed by atoms with Crippen molar-refractivity contribution in [3.8, 4) is 0 Å². The van der Waals surface area contributed by atoms with E-state index in [2.05, 4.69) is 15.3 Å². The van der Waals surface area contributed by atoms with Crippen molar-refractivity contribution in [2.24, 2.45) is 0 Å². The summed E-state index contributed by atoms with van der Waals surface area (Å²) in [6, 6.07) is 0.341. The molecule has 0 aliphatic heterocycles. The lowest BCUT2D eigenvalue weighted by atomic mass is 10.2. The fraction of sp³-hybridized carbons (Fsp3) is 0.600. The average Bonchev–Trinajstić information content (AvgIpc) is 2.69. The molecule has 1 aliphatic rings. The number of ether oxygens (including phenoxy) is 1. The number of nitrogens with zero attached hydrogens (tertiary/aromatic N) is 2. The molecule has 5 nitrogen and oxygen atoms in total. The van der Waals surface area contributed by atoms with Crippen LogP contribution in [0.1, 0.15) is 19.3 Å². The van der Waals surface area contributed by atoms with Crippen molar-refractivity contribution < 1.29 is 4.74 Å². The molecule has 2 rings (SSSR count). The van der Waals surface area contributed by atoms with E-state index in [1.807, 2.05) is 0 Å². The van der Waals surface area contributed by atoms with Crippen LogP contribution in [0, 0.1) is 0 Å². The van der Waals surface area contributed by atoms with Gasteiger partial charge in [-0.05, 0) is 19.3 Å². The molecule has 1 fully saturated rings. The number of aromatic nitrogens is 2. The summed E-state index contributed by atoms with van der Waals surface area (Å²) in [6.45, 7) is 0. The Bertz CT molecular complexity index is 314. The molecular formula is C10H16N4O. The Labute approximate surface area is 89.1 Å². The zero-order chi connectivity index (χ0) is 10.7. The van der Waals surface area contributed by atoms with Crippen molar-refractivity contribution in [1.29, 1.82) is 0 Å². The number of rotatable bonds is 3. The lowest BCUT2D eigenvalue weighted by Gasteiger charge is -2.19. The molecule has 0 radical (unpaired) electrons. The van der Waals surface area contributed by atoms with Crippen LogP contribution in [-0.4, -0.2) is 29.2 Å². The van der Waals surface area contributed by atoms with Gasteiger partial charge in [0.15, 0.2) is 0 Å². The second kappa shape index (κ2) is 4.44. The summed E-state index contributed by atoms with van der Waals surface area (Å²) in [7, 11) is 1.75. The third-order valence-electron chi connectivity index (χ3n) is 2.76. The minimum atomic E-state index is 0.282. The van der Waals surface area contributed by atoms with Crippen LogP contribution in [-0.2, 0) is 4.74 Å². The molecule has 82 valence electrons. The maximum atomic E-state index is 5.46. The first-order valence-corrected chi connectivity index (χ1v) is 5.16. The minimum Gasteiger partial charge on any atom is -0.382 e. The Morgan fingerprint density at radius 1 is 1.40 bits per heavy atom. The van der Waals surface area contributed by atoms with Gasteiger partial charge in [-0.15, -0.1) is 0 Å². The highest BCUT2D eigenvalue weighted by molar-refractivity contribution is 5.37. The first-order valence-electron chi connectivity index (χ1n) is 5.16. The highest BCUT2D eigenvalue weighted by Crippen LogP contribution is 2.24. The zero-order valence-corrected chi connectivity index (χ0v) is 8.81. The van der Waals surface area contributed by atoms with Crippen molar-refractivity contribution in [1.82, 2.24) is 9.97 Å². The molecule has 2 unspecified atom stereocenters. The van der Waals surface area contributed by atoms with Crippen LogP contribution in [0.25, 0.3) is 0 Å². The molecule has 5 heteroatoms. The summed E-state index contributed by atoms with van der Waals surface area (Å²) in [5.41, 5.74) is 5.46. The summed E-state index contributed by atoms with van der Waals surface area (Å²) in [5.74, 6) is 1.20. The summed E-state index contributed by atoms with van der Waals surface area (Å²) in [5, 5.41) is 3.31. The molecule has 1 saturated carbocycles. The third-order valence-corrected chi connectivity index (χ3v) is 2.76. The molecular weight excluding hydrogens is 192 g/mol. The molecule has 0 amide bonds. The molecule has 15 heavy (non-hydrogen) atoms. The van der Waals surface area contributed by atoms with E-state index >= 15 is 0 Å².